The molecule has 1 aliphatic rings. The molecule has 1 aliphatic heterocycles. The Bertz CT molecular complexity index is 562. The summed E-state index contributed by atoms with van der Waals surface area (Å²) >= 11 is 5.90. The summed E-state index contributed by atoms with van der Waals surface area (Å²) in [5, 5.41) is 0.227. The van der Waals surface area contributed by atoms with Crippen molar-refractivity contribution in [2.45, 2.75) is 18.2 Å². The highest BCUT2D eigenvalue weighted by atomic mass is 35.5. The van der Waals surface area contributed by atoms with Gasteiger partial charge in [-0.2, -0.15) is 0 Å². The van der Waals surface area contributed by atoms with Gasteiger partial charge >= 0.3 is 0 Å². The summed E-state index contributed by atoms with van der Waals surface area (Å²) in [5.74, 6) is 0.00796. The summed E-state index contributed by atoms with van der Waals surface area (Å²) in [5.41, 5.74) is 0.584. The van der Waals surface area contributed by atoms with Crippen LogP contribution in [0.4, 0.5) is 0 Å². The monoisotopic (exact) mass is 306 g/mol. The first-order valence-electron chi connectivity index (χ1n) is 5.88. The van der Waals surface area contributed by atoms with Crippen LogP contribution in [0.5, 0.6) is 5.88 Å². The standard InChI is InChI=1S/C11H15ClN2O4S/c1-8-7-9-11(14-10(8)12)18-6-5-17-4-2-3-13-19(9,15)16/h7,13H,2-6H2,1H3. The van der Waals surface area contributed by atoms with E-state index in [2.05, 4.69) is 9.71 Å². The second kappa shape index (κ2) is 6.04. The van der Waals surface area contributed by atoms with Crippen LogP contribution in [-0.4, -0.2) is 39.8 Å². The first kappa shape index (κ1) is 14.5. The molecule has 0 aliphatic carbocycles. The van der Waals surface area contributed by atoms with Crippen LogP contribution in [0.25, 0.3) is 0 Å². The van der Waals surface area contributed by atoms with Crippen molar-refractivity contribution < 1.29 is 17.9 Å². The molecular weight excluding hydrogens is 292 g/mol. The number of hydrogen-bond acceptors (Lipinski definition) is 5. The Morgan fingerprint density at radius 3 is 2.95 bits per heavy atom. The number of fused-ring (bicyclic) bond motifs is 1. The van der Waals surface area contributed by atoms with Gasteiger partial charge in [-0.3, -0.25) is 0 Å². The van der Waals surface area contributed by atoms with Gasteiger partial charge in [0.1, 0.15) is 16.7 Å². The van der Waals surface area contributed by atoms with Crippen LogP contribution in [0, 0.1) is 6.92 Å². The molecule has 0 radical (unpaired) electrons. The molecule has 0 saturated heterocycles. The number of rotatable bonds is 0. The summed E-state index contributed by atoms with van der Waals surface area (Å²) in [4.78, 5) is 3.99. The third-order valence-electron chi connectivity index (χ3n) is 2.60. The summed E-state index contributed by atoms with van der Waals surface area (Å²) in [6.07, 6.45) is 0.606. The van der Waals surface area contributed by atoms with E-state index in [9.17, 15) is 8.42 Å². The van der Waals surface area contributed by atoms with E-state index < -0.39 is 10.0 Å². The Kier molecular flexibility index (Phi) is 4.62. The molecule has 6 nitrogen and oxygen atoms in total. The Morgan fingerprint density at radius 1 is 1.37 bits per heavy atom. The highest BCUT2D eigenvalue weighted by molar-refractivity contribution is 7.89. The minimum absolute atomic E-state index is 0.00796. The lowest BCUT2D eigenvalue weighted by Gasteiger charge is -2.12. The van der Waals surface area contributed by atoms with Gasteiger partial charge in [-0.05, 0) is 25.0 Å². The van der Waals surface area contributed by atoms with Gasteiger partial charge in [0.05, 0.1) is 6.61 Å². The molecule has 1 N–H and O–H groups in total. The van der Waals surface area contributed by atoms with Gasteiger partial charge in [-0.25, -0.2) is 18.1 Å². The number of nitrogens with one attached hydrogen (secondary N) is 1. The average Bonchev–Trinajstić information content (AvgIpc) is 2.37. The normalized spacial score (nSPS) is 19.9. The molecule has 0 saturated carbocycles. The van der Waals surface area contributed by atoms with Gasteiger partial charge in [0.25, 0.3) is 0 Å². The van der Waals surface area contributed by atoms with Gasteiger partial charge in [0, 0.05) is 13.2 Å². The van der Waals surface area contributed by atoms with E-state index in [-0.39, 0.29) is 22.5 Å². The van der Waals surface area contributed by atoms with Gasteiger partial charge in [-0.15, -0.1) is 0 Å². The van der Waals surface area contributed by atoms with Crippen molar-refractivity contribution in [1.82, 2.24) is 9.71 Å². The van der Waals surface area contributed by atoms with E-state index in [4.69, 9.17) is 21.1 Å². The van der Waals surface area contributed by atoms with Crippen molar-refractivity contribution in [3.63, 3.8) is 0 Å². The molecule has 0 bridgehead atoms. The van der Waals surface area contributed by atoms with Crippen LogP contribution >= 0.6 is 11.6 Å². The van der Waals surface area contributed by atoms with Gasteiger partial charge in [0.15, 0.2) is 0 Å². The minimum Gasteiger partial charge on any atom is -0.474 e. The second-order valence-corrected chi connectivity index (χ2v) is 6.20. The van der Waals surface area contributed by atoms with Gasteiger partial charge in [-0.1, -0.05) is 11.6 Å². The molecule has 1 aromatic rings. The Morgan fingerprint density at radius 2 is 2.16 bits per heavy atom. The van der Waals surface area contributed by atoms with Crippen molar-refractivity contribution in [1.29, 1.82) is 0 Å². The van der Waals surface area contributed by atoms with E-state index in [0.29, 0.717) is 31.7 Å². The Labute approximate surface area is 117 Å². The van der Waals surface area contributed by atoms with Crippen molar-refractivity contribution in [3.05, 3.63) is 16.8 Å². The maximum atomic E-state index is 12.2. The second-order valence-electron chi connectivity index (χ2n) is 4.11. The first-order valence-corrected chi connectivity index (χ1v) is 7.74. The van der Waals surface area contributed by atoms with Crippen LogP contribution in [0.15, 0.2) is 11.0 Å². The number of nitrogens with zero attached hydrogens (tertiary/aromatic N) is 1. The molecule has 0 amide bonds. The fourth-order valence-corrected chi connectivity index (χ4v) is 2.97. The zero-order valence-corrected chi connectivity index (χ0v) is 12.1. The molecule has 2 heterocycles. The number of aryl methyl sites for hydroxylation is 1. The topological polar surface area (TPSA) is 77.5 Å². The predicted octanol–water partition coefficient (Wildman–Crippen LogP) is 1.12. The Hall–Kier alpha value is -0.890. The maximum absolute atomic E-state index is 12.2. The smallest absolute Gasteiger partial charge is 0.245 e. The summed E-state index contributed by atoms with van der Waals surface area (Å²) in [7, 11) is -3.65. The van der Waals surface area contributed by atoms with E-state index in [1.165, 1.54) is 6.07 Å². The van der Waals surface area contributed by atoms with Crippen molar-refractivity contribution in [2.75, 3.05) is 26.4 Å². The lowest BCUT2D eigenvalue weighted by atomic mass is 10.3. The molecule has 2 rings (SSSR count). The fraction of sp³-hybridized carbons (Fsp3) is 0.545. The highest BCUT2D eigenvalue weighted by Crippen LogP contribution is 2.26. The largest absolute Gasteiger partial charge is 0.474 e. The van der Waals surface area contributed by atoms with Crippen molar-refractivity contribution >= 4 is 21.6 Å². The van der Waals surface area contributed by atoms with Crippen LogP contribution < -0.4 is 9.46 Å². The van der Waals surface area contributed by atoms with Crippen molar-refractivity contribution in [3.8, 4) is 5.88 Å². The first-order chi connectivity index (χ1) is 9.00. The molecule has 1 aromatic heterocycles. The van der Waals surface area contributed by atoms with Gasteiger partial charge in [0.2, 0.25) is 15.9 Å². The van der Waals surface area contributed by atoms with Crippen LogP contribution in [0.2, 0.25) is 5.15 Å². The molecule has 19 heavy (non-hydrogen) atoms. The predicted molar refractivity (Wildman–Crippen MR) is 70.1 cm³/mol. The molecule has 8 heteroatoms. The third kappa shape index (κ3) is 3.56. The third-order valence-corrected chi connectivity index (χ3v) is 4.44. The SMILES string of the molecule is Cc1cc2c(nc1Cl)OCCOCCCNS2(=O)=O. The lowest BCUT2D eigenvalue weighted by Crippen LogP contribution is -2.26. The zero-order valence-electron chi connectivity index (χ0n) is 10.5. The number of ether oxygens (including phenoxy) is 2. The number of hydrogen-bond donors (Lipinski definition) is 1. The van der Waals surface area contributed by atoms with Crippen LogP contribution in [0.3, 0.4) is 0 Å². The number of sulfonamides is 1. The number of aromatic nitrogens is 1. The van der Waals surface area contributed by atoms with E-state index in [0.717, 1.165) is 0 Å². The Balaban J connectivity index is 2.44. The zero-order chi connectivity index (χ0) is 13.9. The quantitative estimate of drug-likeness (QED) is 0.727. The fourth-order valence-electron chi connectivity index (χ4n) is 1.60. The molecule has 0 fully saturated rings. The minimum atomic E-state index is -3.65. The van der Waals surface area contributed by atoms with E-state index in [1.54, 1.807) is 6.92 Å². The van der Waals surface area contributed by atoms with E-state index >= 15 is 0 Å². The summed E-state index contributed by atoms with van der Waals surface area (Å²) < 4.78 is 37.5. The van der Waals surface area contributed by atoms with Crippen LogP contribution in [-0.2, 0) is 14.8 Å². The maximum Gasteiger partial charge on any atom is 0.245 e. The summed E-state index contributed by atoms with van der Waals surface area (Å²) in [6.45, 7) is 3.10. The highest BCUT2D eigenvalue weighted by Gasteiger charge is 2.22. The molecule has 0 unspecified atom stereocenters. The van der Waals surface area contributed by atoms with Gasteiger partial charge < -0.3 is 9.47 Å². The summed E-state index contributed by atoms with van der Waals surface area (Å²) in [6, 6.07) is 1.46. The van der Waals surface area contributed by atoms with Crippen molar-refractivity contribution in [2.24, 2.45) is 0 Å². The molecule has 0 aromatic carbocycles. The molecular formula is C11H15ClN2O4S. The molecule has 0 spiro atoms. The lowest BCUT2D eigenvalue weighted by molar-refractivity contribution is 0.0969. The number of halogens is 1. The molecule has 106 valence electrons. The molecule has 0 atom stereocenters. The van der Waals surface area contributed by atoms with E-state index in [1.807, 2.05) is 0 Å². The average molecular weight is 307 g/mol. The number of pyridine rings is 1. The van der Waals surface area contributed by atoms with Crippen LogP contribution in [0.1, 0.15) is 12.0 Å².